The number of carbonyl (C=O) groups excluding carboxylic acids is 3. The van der Waals surface area contributed by atoms with Gasteiger partial charge in [-0.1, -0.05) is 308 Å². The van der Waals surface area contributed by atoms with E-state index in [1.807, 2.05) is 0 Å². The van der Waals surface area contributed by atoms with Crippen molar-refractivity contribution in [3.8, 4) is 0 Å². The zero-order valence-corrected chi connectivity index (χ0v) is 49.9. The molecule has 0 fully saturated rings. The Morgan fingerprint density at radius 1 is 0.270 bits per heavy atom. The van der Waals surface area contributed by atoms with Crippen LogP contribution < -0.4 is 0 Å². The number of carbonyl (C=O) groups is 3. The highest BCUT2D eigenvalue weighted by atomic mass is 16.6. The van der Waals surface area contributed by atoms with Crippen molar-refractivity contribution in [3.63, 3.8) is 0 Å². The van der Waals surface area contributed by atoms with Crippen LogP contribution in [0.5, 0.6) is 0 Å². The molecule has 0 radical (unpaired) electrons. The molecule has 0 aromatic carbocycles. The third kappa shape index (κ3) is 60.5. The Morgan fingerprint density at radius 2 is 0.500 bits per heavy atom. The minimum atomic E-state index is -0.779. The number of unbranched alkanes of at least 4 members (excludes halogenated alkanes) is 44. The summed E-state index contributed by atoms with van der Waals surface area (Å²) in [4.78, 5) is 38.3. The SMILES string of the molecule is CCCC/C=C\C/C=C\CCCCCCCC(=O)OCC(COC(=O)CCCCCCCCCCCCCCCCCCCCCCCCCCC)OC(=O)CCCCCCCCC/C=C\CCCCCCCC. The van der Waals surface area contributed by atoms with Crippen LogP contribution in [0.2, 0.25) is 0 Å². The lowest BCUT2D eigenvalue weighted by Gasteiger charge is -2.18. The lowest BCUT2D eigenvalue weighted by atomic mass is 10.0. The van der Waals surface area contributed by atoms with Crippen LogP contribution in [0.25, 0.3) is 0 Å². The van der Waals surface area contributed by atoms with E-state index >= 15 is 0 Å². The van der Waals surface area contributed by atoms with Gasteiger partial charge in [0.05, 0.1) is 0 Å². The molecule has 0 bridgehead atoms. The van der Waals surface area contributed by atoms with Crippen LogP contribution in [0.3, 0.4) is 0 Å². The summed E-state index contributed by atoms with van der Waals surface area (Å²) in [5.74, 6) is -0.870. The third-order valence-electron chi connectivity index (χ3n) is 14.9. The van der Waals surface area contributed by atoms with Crippen LogP contribution in [0, 0.1) is 0 Å². The van der Waals surface area contributed by atoms with E-state index in [2.05, 4.69) is 57.2 Å². The second-order valence-corrected chi connectivity index (χ2v) is 22.4. The number of rotatable bonds is 61. The van der Waals surface area contributed by atoms with Gasteiger partial charge in [-0.25, -0.2) is 0 Å². The molecule has 1 unspecified atom stereocenters. The first-order chi connectivity index (χ1) is 36.5. The Balaban J connectivity index is 4.25. The summed E-state index contributed by atoms with van der Waals surface area (Å²) >= 11 is 0. The van der Waals surface area contributed by atoms with E-state index in [1.54, 1.807) is 0 Å². The first-order valence-corrected chi connectivity index (χ1v) is 33.0. The van der Waals surface area contributed by atoms with Gasteiger partial charge in [0, 0.05) is 19.3 Å². The van der Waals surface area contributed by atoms with Gasteiger partial charge in [0.15, 0.2) is 6.10 Å². The Labute approximate surface area is 461 Å². The van der Waals surface area contributed by atoms with E-state index in [1.165, 1.54) is 244 Å². The molecule has 6 heteroatoms. The summed E-state index contributed by atoms with van der Waals surface area (Å²) < 4.78 is 16.9. The standard InChI is InChI=1S/C68H126O6/c1-4-7-10-13-16-19-22-25-28-30-31-32-33-34-35-36-37-39-40-43-46-49-52-55-58-61-67(70)73-64-65(63-72-66(69)60-57-54-51-48-45-42-27-24-21-18-15-12-9-6-3)74-68(71)62-59-56-53-50-47-44-41-38-29-26-23-20-17-14-11-8-5-2/h15,18,24,26-27,29,65H,4-14,16-17,19-23,25,28,30-64H2,1-3H3/b18-15-,27-24-,29-26-. The molecule has 6 nitrogen and oxygen atoms in total. The quantitative estimate of drug-likeness (QED) is 0.0261. The van der Waals surface area contributed by atoms with E-state index in [4.69, 9.17) is 14.2 Å². The van der Waals surface area contributed by atoms with Crippen molar-refractivity contribution in [3.05, 3.63) is 36.5 Å². The van der Waals surface area contributed by atoms with E-state index in [0.717, 1.165) is 77.0 Å². The van der Waals surface area contributed by atoms with Gasteiger partial charge < -0.3 is 14.2 Å². The maximum atomic E-state index is 12.9. The zero-order valence-electron chi connectivity index (χ0n) is 49.9. The average Bonchev–Trinajstić information content (AvgIpc) is 3.40. The van der Waals surface area contributed by atoms with Crippen LogP contribution in [-0.2, 0) is 28.6 Å². The largest absolute Gasteiger partial charge is 0.462 e. The summed E-state index contributed by atoms with van der Waals surface area (Å²) in [6, 6.07) is 0. The van der Waals surface area contributed by atoms with Gasteiger partial charge in [-0.05, 0) is 70.6 Å². The van der Waals surface area contributed by atoms with E-state index < -0.39 is 6.10 Å². The van der Waals surface area contributed by atoms with E-state index in [0.29, 0.717) is 19.3 Å². The van der Waals surface area contributed by atoms with Gasteiger partial charge in [-0.3, -0.25) is 14.4 Å². The van der Waals surface area contributed by atoms with Crippen molar-refractivity contribution < 1.29 is 28.6 Å². The summed E-state index contributed by atoms with van der Waals surface area (Å²) in [5, 5.41) is 0. The highest BCUT2D eigenvalue weighted by Crippen LogP contribution is 2.18. The molecule has 0 aliphatic carbocycles. The Morgan fingerprint density at radius 3 is 0.797 bits per heavy atom. The molecule has 0 rings (SSSR count). The molecule has 0 heterocycles. The lowest BCUT2D eigenvalue weighted by Crippen LogP contribution is -2.30. The van der Waals surface area contributed by atoms with Gasteiger partial charge in [-0.15, -0.1) is 0 Å². The van der Waals surface area contributed by atoms with Crippen LogP contribution in [0.4, 0.5) is 0 Å². The summed E-state index contributed by atoms with van der Waals surface area (Å²) in [7, 11) is 0. The van der Waals surface area contributed by atoms with Gasteiger partial charge in [-0.2, -0.15) is 0 Å². The fraction of sp³-hybridized carbons (Fsp3) is 0.868. The topological polar surface area (TPSA) is 78.9 Å². The van der Waals surface area contributed by atoms with Crippen LogP contribution in [0.1, 0.15) is 361 Å². The van der Waals surface area contributed by atoms with Crippen LogP contribution >= 0.6 is 0 Å². The number of ether oxygens (including phenoxy) is 3. The first kappa shape index (κ1) is 71.6. The molecule has 0 saturated carbocycles. The molecule has 434 valence electrons. The lowest BCUT2D eigenvalue weighted by molar-refractivity contribution is -0.167. The number of hydrogen-bond acceptors (Lipinski definition) is 6. The van der Waals surface area contributed by atoms with Crippen molar-refractivity contribution in [2.45, 2.75) is 367 Å². The second kappa shape index (κ2) is 63.2. The fourth-order valence-electron chi connectivity index (χ4n) is 9.87. The highest BCUT2D eigenvalue weighted by molar-refractivity contribution is 5.71. The molecule has 0 saturated heterocycles. The van der Waals surface area contributed by atoms with Crippen LogP contribution in [0.15, 0.2) is 36.5 Å². The van der Waals surface area contributed by atoms with Crippen molar-refractivity contribution in [2.24, 2.45) is 0 Å². The van der Waals surface area contributed by atoms with Gasteiger partial charge >= 0.3 is 17.9 Å². The van der Waals surface area contributed by atoms with Crippen molar-refractivity contribution >= 4 is 17.9 Å². The summed E-state index contributed by atoms with van der Waals surface area (Å²) in [6.07, 6.45) is 77.3. The zero-order chi connectivity index (χ0) is 53.6. The molecule has 1 atom stereocenters. The Bertz CT molecular complexity index is 1240. The number of hydrogen-bond donors (Lipinski definition) is 0. The Kier molecular flexibility index (Phi) is 61.1. The fourth-order valence-corrected chi connectivity index (χ4v) is 9.87. The molecular formula is C68H126O6. The predicted molar refractivity (Wildman–Crippen MR) is 321 cm³/mol. The predicted octanol–water partition coefficient (Wildman–Crippen LogP) is 22.4. The minimum absolute atomic E-state index is 0.0743. The molecule has 0 N–H and O–H groups in total. The average molecular weight is 1040 g/mol. The molecule has 74 heavy (non-hydrogen) atoms. The van der Waals surface area contributed by atoms with Gasteiger partial charge in [0.25, 0.3) is 0 Å². The number of allylic oxidation sites excluding steroid dienone is 6. The summed E-state index contributed by atoms with van der Waals surface area (Å²) in [6.45, 7) is 6.64. The smallest absolute Gasteiger partial charge is 0.306 e. The highest BCUT2D eigenvalue weighted by Gasteiger charge is 2.19. The van der Waals surface area contributed by atoms with Gasteiger partial charge in [0.1, 0.15) is 13.2 Å². The molecule has 0 aliphatic rings. The van der Waals surface area contributed by atoms with Crippen LogP contribution in [-0.4, -0.2) is 37.2 Å². The maximum Gasteiger partial charge on any atom is 0.306 e. The first-order valence-electron chi connectivity index (χ1n) is 33.0. The molecule has 0 aliphatic heterocycles. The van der Waals surface area contributed by atoms with Gasteiger partial charge in [0.2, 0.25) is 0 Å². The molecular weight excluding hydrogens is 913 g/mol. The Hall–Kier alpha value is -2.37. The normalized spacial score (nSPS) is 12.2. The molecule has 0 spiro atoms. The van der Waals surface area contributed by atoms with Crippen molar-refractivity contribution in [1.29, 1.82) is 0 Å². The summed E-state index contributed by atoms with van der Waals surface area (Å²) in [5.41, 5.74) is 0. The third-order valence-corrected chi connectivity index (χ3v) is 14.9. The number of esters is 3. The molecule has 0 aromatic rings. The minimum Gasteiger partial charge on any atom is -0.462 e. The van der Waals surface area contributed by atoms with E-state index in [9.17, 15) is 14.4 Å². The van der Waals surface area contributed by atoms with E-state index in [-0.39, 0.29) is 31.1 Å². The molecule has 0 amide bonds. The van der Waals surface area contributed by atoms with Crippen molar-refractivity contribution in [1.82, 2.24) is 0 Å². The van der Waals surface area contributed by atoms with Crippen molar-refractivity contribution in [2.75, 3.05) is 13.2 Å². The monoisotopic (exact) mass is 1040 g/mol. The maximum absolute atomic E-state index is 12.9. The second-order valence-electron chi connectivity index (χ2n) is 22.4. The molecule has 0 aromatic heterocycles.